The predicted octanol–water partition coefficient (Wildman–Crippen LogP) is 1.52. The van der Waals surface area contributed by atoms with Crippen molar-refractivity contribution in [2.75, 3.05) is 24.1 Å². The molecule has 1 aromatic carbocycles. The number of carbonyl (C=O) groups is 1. The van der Waals surface area contributed by atoms with E-state index in [1.165, 1.54) is 0 Å². The van der Waals surface area contributed by atoms with Gasteiger partial charge in [-0.1, -0.05) is 0 Å². The number of rotatable bonds is 5. The van der Waals surface area contributed by atoms with Gasteiger partial charge in [0.25, 0.3) is 5.91 Å². The molecule has 0 atom stereocenters. The van der Waals surface area contributed by atoms with Crippen LogP contribution in [0.15, 0.2) is 48.3 Å². The highest BCUT2D eigenvalue weighted by atomic mass is 32.2. The fourth-order valence-electron chi connectivity index (χ4n) is 1.96. The first-order valence-electron chi connectivity index (χ1n) is 6.89. The Morgan fingerprint density at radius 2 is 1.95 bits per heavy atom. The molecule has 7 heteroatoms. The third kappa shape index (κ3) is 4.63. The Morgan fingerprint density at radius 1 is 1.27 bits per heavy atom. The van der Waals surface area contributed by atoms with Crippen molar-refractivity contribution in [1.29, 1.82) is 0 Å². The zero-order valence-electron chi connectivity index (χ0n) is 12.5. The summed E-state index contributed by atoms with van der Waals surface area (Å²) >= 11 is 0. The average Bonchev–Trinajstić information content (AvgIpc) is 2.47. The van der Waals surface area contributed by atoms with Crippen LogP contribution in [0.4, 0.5) is 5.69 Å². The Kier molecular flexibility index (Phi) is 4.87. The Hall–Kier alpha value is -2.28. The molecular weight excluding hydrogens is 302 g/mol. The van der Waals surface area contributed by atoms with Crippen molar-refractivity contribution in [1.82, 2.24) is 10.2 Å². The van der Waals surface area contributed by atoms with E-state index in [4.69, 9.17) is 0 Å². The first kappa shape index (κ1) is 16.1. The number of sulfonamides is 1. The van der Waals surface area contributed by atoms with Gasteiger partial charge >= 0.3 is 0 Å². The van der Waals surface area contributed by atoms with Gasteiger partial charge < -0.3 is 10.2 Å². The summed E-state index contributed by atoms with van der Waals surface area (Å²) in [5.41, 5.74) is 1.65. The van der Waals surface area contributed by atoms with E-state index in [1.54, 1.807) is 24.3 Å². The summed E-state index contributed by atoms with van der Waals surface area (Å²) in [7, 11) is -3.31. The standard InChI is InChI=1S/C15H19N3O3S/c1-3-18-10-8-13(9-11-18)16-15(19)12-4-6-14(7-5-12)17-22(2,20)21/h4-10,17H,3,11H2,1-2H3,(H,16,19). The summed E-state index contributed by atoms with van der Waals surface area (Å²) < 4.78 is 24.6. The number of amides is 1. The van der Waals surface area contributed by atoms with Crippen LogP contribution in [0.5, 0.6) is 0 Å². The lowest BCUT2D eigenvalue weighted by Crippen LogP contribution is -2.27. The molecule has 0 aromatic heterocycles. The minimum atomic E-state index is -3.31. The zero-order valence-corrected chi connectivity index (χ0v) is 13.4. The van der Waals surface area contributed by atoms with E-state index in [0.29, 0.717) is 11.3 Å². The van der Waals surface area contributed by atoms with Gasteiger partial charge in [0, 0.05) is 36.2 Å². The van der Waals surface area contributed by atoms with E-state index in [1.807, 2.05) is 18.4 Å². The van der Waals surface area contributed by atoms with Crippen molar-refractivity contribution < 1.29 is 13.2 Å². The Labute approximate surface area is 130 Å². The zero-order chi connectivity index (χ0) is 16.2. The first-order valence-corrected chi connectivity index (χ1v) is 8.78. The molecule has 118 valence electrons. The maximum Gasteiger partial charge on any atom is 0.255 e. The van der Waals surface area contributed by atoms with E-state index in [-0.39, 0.29) is 5.91 Å². The van der Waals surface area contributed by atoms with Crippen LogP contribution in [0, 0.1) is 0 Å². The SMILES string of the molecule is CCN1C=CC(NC(=O)c2ccc(NS(C)(=O)=O)cc2)=CC1. The lowest BCUT2D eigenvalue weighted by molar-refractivity contribution is 0.0966. The van der Waals surface area contributed by atoms with E-state index < -0.39 is 10.0 Å². The van der Waals surface area contributed by atoms with Crippen LogP contribution in [0.1, 0.15) is 17.3 Å². The second kappa shape index (κ2) is 6.65. The summed E-state index contributed by atoms with van der Waals surface area (Å²) in [4.78, 5) is 14.2. The molecule has 0 spiro atoms. The predicted molar refractivity (Wildman–Crippen MR) is 86.8 cm³/mol. The van der Waals surface area contributed by atoms with Crippen molar-refractivity contribution in [3.63, 3.8) is 0 Å². The molecule has 22 heavy (non-hydrogen) atoms. The number of hydrogen-bond acceptors (Lipinski definition) is 4. The lowest BCUT2D eigenvalue weighted by atomic mass is 10.2. The summed E-state index contributed by atoms with van der Waals surface area (Å²) in [5, 5.41) is 2.82. The Balaban J connectivity index is 1.99. The van der Waals surface area contributed by atoms with Gasteiger partial charge in [-0.05, 0) is 43.3 Å². The molecule has 0 fully saturated rings. The molecule has 6 nitrogen and oxygen atoms in total. The van der Waals surface area contributed by atoms with Gasteiger partial charge in [0.05, 0.1) is 6.26 Å². The minimum absolute atomic E-state index is 0.230. The van der Waals surface area contributed by atoms with Gasteiger partial charge in [-0.25, -0.2) is 8.42 Å². The van der Waals surface area contributed by atoms with Gasteiger partial charge in [-0.3, -0.25) is 9.52 Å². The molecular formula is C15H19N3O3S. The molecule has 0 unspecified atom stereocenters. The molecule has 0 bridgehead atoms. The van der Waals surface area contributed by atoms with Gasteiger partial charge in [-0.15, -0.1) is 0 Å². The van der Waals surface area contributed by atoms with Gasteiger partial charge in [-0.2, -0.15) is 0 Å². The molecule has 0 radical (unpaired) electrons. The second-order valence-electron chi connectivity index (χ2n) is 4.97. The fourth-order valence-corrected chi connectivity index (χ4v) is 2.53. The van der Waals surface area contributed by atoms with Gasteiger partial charge in [0.2, 0.25) is 10.0 Å². The van der Waals surface area contributed by atoms with Crippen LogP contribution < -0.4 is 10.0 Å². The quantitative estimate of drug-likeness (QED) is 0.862. The van der Waals surface area contributed by atoms with Crippen LogP contribution in [0.25, 0.3) is 0 Å². The minimum Gasteiger partial charge on any atom is -0.374 e. The molecule has 2 rings (SSSR count). The number of nitrogens with one attached hydrogen (secondary N) is 2. The molecule has 1 amide bonds. The second-order valence-corrected chi connectivity index (χ2v) is 6.72. The molecule has 0 saturated heterocycles. The maximum absolute atomic E-state index is 12.1. The number of hydrogen-bond donors (Lipinski definition) is 2. The van der Waals surface area contributed by atoms with E-state index in [9.17, 15) is 13.2 Å². The normalized spacial score (nSPS) is 14.5. The molecule has 1 heterocycles. The average molecular weight is 321 g/mol. The van der Waals surface area contributed by atoms with Gasteiger partial charge in [0.15, 0.2) is 0 Å². The molecule has 0 aliphatic carbocycles. The third-order valence-electron chi connectivity index (χ3n) is 3.13. The molecule has 1 aromatic rings. The summed E-state index contributed by atoms with van der Waals surface area (Å²) in [6.07, 6.45) is 6.81. The van der Waals surface area contributed by atoms with E-state index >= 15 is 0 Å². The van der Waals surface area contributed by atoms with Crippen LogP contribution in [0.2, 0.25) is 0 Å². The first-order chi connectivity index (χ1) is 10.4. The fraction of sp³-hybridized carbons (Fsp3) is 0.267. The molecule has 2 N–H and O–H groups in total. The Bertz CT molecular complexity index is 706. The number of benzene rings is 1. The van der Waals surface area contributed by atoms with E-state index in [2.05, 4.69) is 21.9 Å². The monoisotopic (exact) mass is 321 g/mol. The highest BCUT2D eigenvalue weighted by Crippen LogP contribution is 2.12. The molecule has 1 aliphatic rings. The lowest BCUT2D eigenvalue weighted by Gasteiger charge is -2.20. The van der Waals surface area contributed by atoms with Gasteiger partial charge in [0.1, 0.15) is 0 Å². The topological polar surface area (TPSA) is 78.5 Å². The summed E-state index contributed by atoms with van der Waals surface area (Å²) in [6.45, 7) is 3.75. The van der Waals surface area contributed by atoms with Crippen molar-refractivity contribution >= 4 is 21.6 Å². The summed E-state index contributed by atoms with van der Waals surface area (Å²) in [6, 6.07) is 6.27. The smallest absolute Gasteiger partial charge is 0.255 e. The van der Waals surface area contributed by atoms with Crippen LogP contribution >= 0.6 is 0 Å². The highest BCUT2D eigenvalue weighted by molar-refractivity contribution is 7.92. The number of likely N-dealkylation sites (N-methyl/N-ethyl adjacent to an activating group) is 1. The third-order valence-corrected chi connectivity index (χ3v) is 3.73. The largest absolute Gasteiger partial charge is 0.374 e. The number of allylic oxidation sites excluding steroid dienone is 1. The summed E-state index contributed by atoms with van der Waals surface area (Å²) in [5.74, 6) is -0.230. The molecule has 0 saturated carbocycles. The van der Waals surface area contributed by atoms with Crippen molar-refractivity contribution in [3.05, 3.63) is 53.9 Å². The number of nitrogens with zero attached hydrogens (tertiary/aromatic N) is 1. The highest BCUT2D eigenvalue weighted by Gasteiger charge is 2.09. The van der Waals surface area contributed by atoms with E-state index in [0.717, 1.165) is 25.0 Å². The van der Waals surface area contributed by atoms with Crippen molar-refractivity contribution in [2.24, 2.45) is 0 Å². The van der Waals surface area contributed by atoms with Crippen molar-refractivity contribution in [2.45, 2.75) is 6.92 Å². The van der Waals surface area contributed by atoms with Crippen LogP contribution in [0.3, 0.4) is 0 Å². The Morgan fingerprint density at radius 3 is 2.45 bits per heavy atom. The van der Waals surface area contributed by atoms with Crippen LogP contribution in [-0.2, 0) is 10.0 Å². The number of anilines is 1. The number of carbonyl (C=O) groups excluding carboxylic acids is 1. The maximum atomic E-state index is 12.1. The molecule has 1 aliphatic heterocycles. The van der Waals surface area contributed by atoms with Crippen LogP contribution in [-0.4, -0.2) is 38.6 Å². The van der Waals surface area contributed by atoms with Crippen molar-refractivity contribution in [3.8, 4) is 0 Å².